The highest BCUT2D eigenvalue weighted by atomic mass is 32.2. The standard InChI is InChI=1S/C9H12N4O3S2/c10-2-6-1-8(4-11-6)18(15,16)12-3-7-5-17-9(14)13-7/h1,4-5,11-12H,2-3,10H2,(H,13,14). The number of hydrogen-bond donors (Lipinski definition) is 4. The summed E-state index contributed by atoms with van der Waals surface area (Å²) < 4.78 is 26.2. The number of aromatic nitrogens is 2. The Morgan fingerprint density at radius 3 is 2.72 bits per heavy atom. The lowest BCUT2D eigenvalue weighted by molar-refractivity contribution is 0.580. The van der Waals surface area contributed by atoms with Gasteiger partial charge in [-0.25, -0.2) is 13.1 Å². The molecule has 98 valence electrons. The predicted octanol–water partition coefficient (Wildman–Crippen LogP) is -0.298. The van der Waals surface area contributed by atoms with Gasteiger partial charge in [-0.1, -0.05) is 11.3 Å². The average Bonchev–Trinajstić information content (AvgIpc) is 2.95. The van der Waals surface area contributed by atoms with Crippen LogP contribution in [0.25, 0.3) is 0 Å². The summed E-state index contributed by atoms with van der Waals surface area (Å²) in [6.45, 7) is 0.289. The Morgan fingerprint density at radius 1 is 1.39 bits per heavy atom. The molecule has 0 saturated carbocycles. The van der Waals surface area contributed by atoms with Crippen molar-refractivity contribution in [2.24, 2.45) is 5.73 Å². The van der Waals surface area contributed by atoms with Crippen LogP contribution in [0.4, 0.5) is 0 Å². The van der Waals surface area contributed by atoms with Crippen LogP contribution in [-0.2, 0) is 23.1 Å². The number of aromatic amines is 2. The molecule has 0 unspecified atom stereocenters. The molecule has 2 heterocycles. The predicted molar refractivity (Wildman–Crippen MR) is 67.6 cm³/mol. The van der Waals surface area contributed by atoms with Crippen LogP contribution in [-0.4, -0.2) is 18.4 Å². The van der Waals surface area contributed by atoms with Crippen molar-refractivity contribution in [2.45, 2.75) is 18.0 Å². The summed E-state index contributed by atoms with van der Waals surface area (Å²) in [7, 11) is -3.59. The summed E-state index contributed by atoms with van der Waals surface area (Å²) in [5, 5.41) is 1.58. The minimum absolute atomic E-state index is 0.0458. The van der Waals surface area contributed by atoms with Crippen molar-refractivity contribution in [3.8, 4) is 0 Å². The molecule has 0 aliphatic rings. The number of rotatable bonds is 5. The van der Waals surface area contributed by atoms with Gasteiger partial charge in [0.05, 0.1) is 11.4 Å². The maximum atomic E-state index is 11.9. The van der Waals surface area contributed by atoms with Gasteiger partial charge in [-0.3, -0.25) is 4.79 Å². The largest absolute Gasteiger partial charge is 0.363 e. The van der Waals surface area contributed by atoms with Gasteiger partial charge >= 0.3 is 4.87 Å². The molecule has 0 radical (unpaired) electrons. The van der Waals surface area contributed by atoms with Crippen molar-refractivity contribution in [1.29, 1.82) is 0 Å². The van der Waals surface area contributed by atoms with E-state index < -0.39 is 10.0 Å². The highest BCUT2D eigenvalue weighted by molar-refractivity contribution is 7.89. The summed E-state index contributed by atoms with van der Waals surface area (Å²) in [5.41, 5.74) is 6.56. The zero-order valence-electron chi connectivity index (χ0n) is 9.26. The zero-order chi connectivity index (χ0) is 13.2. The topological polar surface area (TPSA) is 121 Å². The Morgan fingerprint density at radius 2 is 2.17 bits per heavy atom. The molecule has 2 aromatic rings. The molecule has 9 heteroatoms. The first-order chi connectivity index (χ1) is 8.51. The molecule has 7 nitrogen and oxygen atoms in total. The number of nitrogens with two attached hydrogens (primary N) is 1. The maximum absolute atomic E-state index is 11.9. The molecule has 2 aromatic heterocycles. The van der Waals surface area contributed by atoms with Gasteiger partial charge in [0.1, 0.15) is 0 Å². The fourth-order valence-corrected chi connectivity index (χ4v) is 2.95. The van der Waals surface area contributed by atoms with Crippen LogP contribution in [0.15, 0.2) is 27.3 Å². The van der Waals surface area contributed by atoms with E-state index in [2.05, 4.69) is 14.7 Å². The Hall–Kier alpha value is -1.42. The Labute approximate surface area is 107 Å². The summed E-state index contributed by atoms with van der Waals surface area (Å²) in [5.74, 6) is 0. The minimum atomic E-state index is -3.59. The molecule has 0 aliphatic carbocycles. The van der Waals surface area contributed by atoms with Crippen LogP contribution in [0.3, 0.4) is 0 Å². The molecule has 2 rings (SSSR count). The normalized spacial score (nSPS) is 11.8. The molecule has 0 aliphatic heterocycles. The van der Waals surface area contributed by atoms with E-state index in [1.807, 2.05) is 0 Å². The van der Waals surface area contributed by atoms with E-state index in [0.29, 0.717) is 11.4 Å². The SMILES string of the molecule is NCc1cc(S(=O)(=O)NCc2csc(=O)[nH]2)c[nH]1. The van der Waals surface area contributed by atoms with Gasteiger partial charge in [0.15, 0.2) is 0 Å². The first-order valence-corrected chi connectivity index (χ1v) is 7.41. The smallest absolute Gasteiger partial charge is 0.304 e. The third-order valence-electron chi connectivity index (χ3n) is 2.27. The van der Waals surface area contributed by atoms with E-state index >= 15 is 0 Å². The number of thiazole rings is 1. The van der Waals surface area contributed by atoms with E-state index in [4.69, 9.17) is 5.73 Å². The van der Waals surface area contributed by atoms with E-state index in [1.54, 1.807) is 5.38 Å². The van der Waals surface area contributed by atoms with Crippen LogP contribution in [0, 0.1) is 0 Å². The molecular formula is C9H12N4O3S2. The van der Waals surface area contributed by atoms with E-state index in [0.717, 1.165) is 11.3 Å². The van der Waals surface area contributed by atoms with Crippen LogP contribution in [0.2, 0.25) is 0 Å². The van der Waals surface area contributed by atoms with E-state index in [9.17, 15) is 13.2 Å². The van der Waals surface area contributed by atoms with Crippen molar-refractivity contribution < 1.29 is 8.42 Å². The molecular weight excluding hydrogens is 276 g/mol. The molecule has 0 bridgehead atoms. The molecule has 5 N–H and O–H groups in total. The first-order valence-electron chi connectivity index (χ1n) is 5.05. The molecule has 0 spiro atoms. The lowest BCUT2D eigenvalue weighted by Gasteiger charge is -2.02. The van der Waals surface area contributed by atoms with Crippen LogP contribution < -0.4 is 15.3 Å². The van der Waals surface area contributed by atoms with Gasteiger partial charge in [-0.05, 0) is 6.07 Å². The minimum Gasteiger partial charge on any atom is -0.363 e. The molecule has 0 amide bonds. The number of hydrogen-bond acceptors (Lipinski definition) is 5. The first kappa shape index (κ1) is 13.0. The summed E-state index contributed by atoms with van der Waals surface area (Å²) in [6, 6.07) is 1.47. The number of sulfonamides is 1. The second-order valence-corrected chi connectivity index (χ2v) is 6.17. The Bertz CT molecular complexity index is 682. The third-order valence-corrected chi connectivity index (χ3v) is 4.37. The lowest BCUT2D eigenvalue weighted by atomic mass is 10.4. The molecule has 0 aromatic carbocycles. The van der Waals surface area contributed by atoms with Crippen molar-refractivity contribution in [1.82, 2.24) is 14.7 Å². The van der Waals surface area contributed by atoms with Gasteiger partial charge in [0, 0.05) is 29.5 Å². The Balaban J connectivity index is 2.10. The fraction of sp³-hybridized carbons (Fsp3) is 0.222. The van der Waals surface area contributed by atoms with E-state index in [1.165, 1.54) is 12.3 Å². The average molecular weight is 288 g/mol. The molecule has 0 saturated heterocycles. The quantitative estimate of drug-likeness (QED) is 0.603. The van der Waals surface area contributed by atoms with E-state index in [-0.39, 0.29) is 22.9 Å². The lowest BCUT2D eigenvalue weighted by Crippen LogP contribution is -2.23. The number of nitrogens with one attached hydrogen (secondary N) is 3. The summed E-state index contributed by atoms with van der Waals surface area (Å²) in [4.78, 5) is 16.1. The van der Waals surface area contributed by atoms with Gasteiger partial charge < -0.3 is 15.7 Å². The fourth-order valence-electron chi connectivity index (χ4n) is 1.35. The van der Waals surface area contributed by atoms with Gasteiger partial charge in [0.25, 0.3) is 0 Å². The second-order valence-electron chi connectivity index (χ2n) is 3.56. The van der Waals surface area contributed by atoms with Crippen molar-refractivity contribution >= 4 is 21.4 Å². The second kappa shape index (κ2) is 5.06. The maximum Gasteiger partial charge on any atom is 0.304 e. The molecule has 0 fully saturated rings. The third kappa shape index (κ3) is 2.88. The van der Waals surface area contributed by atoms with Crippen LogP contribution in [0.1, 0.15) is 11.4 Å². The highest BCUT2D eigenvalue weighted by Gasteiger charge is 2.15. The van der Waals surface area contributed by atoms with Gasteiger partial charge in [-0.15, -0.1) is 0 Å². The Kier molecular flexibility index (Phi) is 3.66. The van der Waals surface area contributed by atoms with Crippen LogP contribution in [0.5, 0.6) is 0 Å². The van der Waals surface area contributed by atoms with Crippen molar-refractivity contribution in [2.75, 3.05) is 0 Å². The zero-order valence-corrected chi connectivity index (χ0v) is 10.9. The number of H-pyrrole nitrogens is 2. The van der Waals surface area contributed by atoms with Crippen molar-refractivity contribution in [3.05, 3.63) is 38.7 Å². The van der Waals surface area contributed by atoms with Gasteiger partial charge in [-0.2, -0.15) is 0 Å². The monoisotopic (exact) mass is 288 g/mol. The highest BCUT2D eigenvalue weighted by Crippen LogP contribution is 2.10. The summed E-state index contributed by atoms with van der Waals surface area (Å²) in [6.07, 6.45) is 1.38. The van der Waals surface area contributed by atoms with Crippen LogP contribution >= 0.6 is 11.3 Å². The molecule has 18 heavy (non-hydrogen) atoms. The van der Waals surface area contributed by atoms with Crippen molar-refractivity contribution in [3.63, 3.8) is 0 Å². The summed E-state index contributed by atoms with van der Waals surface area (Å²) >= 11 is 0.990. The molecule has 0 atom stereocenters. The van der Waals surface area contributed by atoms with Gasteiger partial charge in [0.2, 0.25) is 10.0 Å².